The molecule has 4 rings (SSSR count). The fourth-order valence-electron chi connectivity index (χ4n) is 3.60. The third kappa shape index (κ3) is 3.45. The molecule has 1 amide bonds. The molecule has 2 N–H and O–H groups in total. The fourth-order valence-corrected chi connectivity index (χ4v) is 3.60. The number of aromatic nitrogens is 2. The van der Waals surface area contributed by atoms with Crippen LogP contribution in [0, 0.1) is 0 Å². The van der Waals surface area contributed by atoms with Crippen LogP contribution >= 0.6 is 0 Å². The molecule has 2 aliphatic rings. The first kappa shape index (κ1) is 16.3. The Balaban J connectivity index is 1.45. The molecule has 2 fully saturated rings. The summed E-state index contributed by atoms with van der Waals surface area (Å²) in [5.74, 6) is 0.400. The van der Waals surface area contributed by atoms with Gasteiger partial charge in [-0.1, -0.05) is 30.3 Å². The van der Waals surface area contributed by atoms with Crippen molar-refractivity contribution >= 4 is 5.91 Å². The van der Waals surface area contributed by atoms with Gasteiger partial charge in [0.05, 0.1) is 36.2 Å². The van der Waals surface area contributed by atoms with Gasteiger partial charge in [-0.2, -0.15) is 5.10 Å². The van der Waals surface area contributed by atoms with E-state index in [4.69, 9.17) is 4.74 Å². The molecule has 1 aromatic heterocycles. The van der Waals surface area contributed by atoms with Crippen molar-refractivity contribution in [3.63, 3.8) is 0 Å². The Hall–Kier alpha value is -2.18. The Morgan fingerprint density at radius 1 is 1.36 bits per heavy atom. The largest absolute Gasteiger partial charge is 0.373 e. The van der Waals surface area contributed by atoms with Gasteiger partial charge in [-0.3, -0.25) is 14.8 Å². The minimum Gasteiger partial charge on any atom is -0.373 e. The number of H-pyrrole nitrogens is 1. The highest BCUT2D eigenvalue weighted by Crippen LogP contribution is 2.40. The number of benzene rings is 1. The summed E-state index contributed by atoms with van der Waals surface area (Å²) in [5, 5.41) is 10.1. The van der Waals surface area contributed by atoms with Gasteiger partial charge in [-0.05, 0) is 25.5 Å². The smallest absolute Gasteiger partial charge is 0.254 e. The van der Waals surface area contributed by atoms with E-state index in [9.17, 15) is 4.79 Å². The summed E-state index contributed by atoms with van der Waals surface area (Å²) in [6.07, 6.45) is 3.83. The number of carbonyl (C=O) groups excluding carboxylic acids is 1. The van der Waals surface area contributed by atoms with Crippen molar-refractivity contribution in [2.24, 2.45) is 0 Å². The lowest BCUT2D eigenvalue weighted by Gasteiger charge is -2.39. The van der Waals surface area contributed by atoms with Crippen molar-refractivity contribution < 1.29 is 9.53 Å². The van der Waals surface area contributed by atoms with Crippen LogP contribution in [-0.4, -0.2) is 53.9 Å². The second-order valence-corrected chi connectivity index (χ2v) is 6.93. The van der Waals surface area contributed by atoms with Crippen LogP contribution < -0.4 is 5.32 Å². The maximum Gasteiger partial charge on any atom is 0.254 e. The van der Waals surface area contributed by atoms with Crippen LogP contribution in [0.2, 0.25) is 0 Å². The molecule has 0 bridgehead atoms. The average molecular weight is 340 g/mol. The molecule has 1 saturated heterocycles. The van der Waals surface area contributed by atoms with E-state index in [0.717, 1.165) is 25.1 Å². The number of aromatic amines is 1. The van der Waals surface area contributed by atoms with E-state index in [0.29, 0.717) is 24.6 Å². The zero-order valence-electron chi connectivity index (χ0n) is 14.4. The van der Waals surface area contributed by atoms with Crippen molar-refractivity contribution in [1.82, 2.24) is 20.4 Å². The molecule has 2 heterocycles. The minimum atomic E-state index is -0.0701. The fraction of sp³-hybridized carbons (Fsp3) is 0.474. The summed E-state index contributed by atoms with van der Waals surface area (Å²) in [7, 11) is 2.11. The number of ether oxygens (including phenoxy) is 1. The van der Waals surface area contributed by atoms with Crippen LogP contribution in [0.5, 0.6) is 0 Å². The first-order valence-electron chi connectivity index (χ1n) is 8.92. The minimum absolute atomic E-state index is 0.0682. The van der Waals surface area contributed by atoms with Gasteiger partial charge < -0.3 is 10.1 Å². The average Bonchev–Trinajstić information content (AvgIpc) is 3.37. The van der Waals surface area contributed by atoms with Gasteiger partial charge in [0.2, 0.25) is 0 Å². The number of rotatable bonds is 5. The molecule has 1 aromatic carbocycles. The third-order valence-corrected chi connectivity index (χ3v) is 5.11. The molecular formula is C19H24N4O2. The van der Waals surface area contributed by atoms with Crippen molar-refractivity contribution in [3.05, 3.63) is 53.3 Å². The van der Waals surface area contributed by atoms with Crippen molar-refractivity contribution in [2.75, 3.05) is 26.7 Å². The summed E-state index contributed by atoms with van der Waals surface area (Å²) in [4.78, 5) is 14.9. The van der Waals surface area contributed by atoms with Crippen LogP contribution in [-0.2, 0) is 4.74 Å². The quantitative estimate of drug-likeness (QED) is 0.874. The van der Waals surface area contributed by atoms with Crippen LogP contribution in [0.4, 0.5) is 0 Å². The normalized spacial score (nSPS) is 24.2. The number of morpholine rings is 1. The second kappa shape index (κ2) is 6.98. The Bertz CT molecular complexity index is 726. The van der Waals surface area contributed by atoms with Gasteiger partial charge in [-0.15, -0.1) is 0 Å². The summed E-state index contributed by atoms with van der Waals surface area (Å²) in [6, 6.07) is 10.5. The molecule has 1 aliphatic carbocycles. The molecule has 1 aliphatic heterocycles. The summed E-state index contributed by atoms with van der Waals surface area (Å²) < 4.78 is 5.99. The van der Waals surface area contributed by atoms with Gasteiger partial charge >= 0.3 is 0 Å². The lowest BCUT2D eigenvalue weighted by molar-refractivity contribution is -0.0605. The van der Waals surface area contributed by atoms with Crippen molar-refractivity contribution in [3.8, 4) is 0 Å². The number of nitrogens with one attached hydrogen (secondary N) is 2. The molecule has 6 heteroatoms. The molecule has 0 radical (unpaired) electrons. The number of amides is 1. The molecule has 0 unspecified atom stereocenters. The van der Waals surface area contributed by atoms with Crippen molar-refractivity contribution in [1.29, 1.82) is 0 Å². The Morgan fingerprint density at radius 2 is 2.16 bits per heavy atom. The van der Waals surface area contributed by atoms with E-state index >= 15 is 0 Å². The topological polar surface area (TPSA) is 70.2 Å². The van der Waals surface area contributed by atoms with Crippen LogP contribution in [0.25, 0.3) is 0 Å². The highest BCUT2D eigenvalue weighted by molar-refractivity contribution is 5.95. The molecule has 2 aromatic rings. The van der Waals surface area contributed by atoms with E-state index in [1.807, 2.05) is 18.2 Å². The maximum absolute atomic E-state index is 12.6. The SMILES string of the molecule is CN1CCO[C@@H](CNC(=O)c2cn[nH]c2C2CC2)[C@@H]1c1ccccc1. The van der Waals surface area contributed by atoms with Gasteiger partial charge in [0.1, 0.15) is 0 Å². The Morgan fingerprint density at radius 3 is 2.92 bits per heavy atom. The highest BCUT2D eigenvalue weighted by Gasteiger charge is 2.33. The number of likely N-dealkylation sites (N-methyl/N-ethyl adjacent to an activating group) is 1. The highest BCUT2D eigenvalue weighted by atomic mass is 16.5. The zero-order chi connectivity index (χ0) is 17.2. The molecule has 132 valence electrons. The van der Waals surface area contributed by atoms with Gasteiger partial charge in [0.25, 0.3) is 5.91 Å². The molecule has 6 nitrogen and oxygen atoms in total. The molecular weight excluding hydrogens is 316 g/mol. The van der Waals surface area contributed by atoms with E-state index in [2.05, 4.69) is 39.6 Å². The summed E-state index contributed by atoms with van der Waals surface area (Å²) >= 11 is 0. The van der Waals surface area contributed by atoms with Crippen LogP contribution in [0.1, 0.15) is 46.4 Å². The van der Waals surface area contributed by atoms with Gasteiger partial charge in [0.15, 0.2) is 0 Å². The Kier molecular flexibility index (Phi) is 4.55. The van der Waals surface area contributed by atoms with E-state index in [1.54, 1.807) is 6.20 Å². The van der Waals surface area contributed by atoms with E-state index < -0.39 is 0 Å². The maximum atomic E-state index is 12.6. The monoisotopic (exact) mass is 340 g/mol. The summed E-state index contributed by atoms with van der Waals surface area (Å²) in [6.45, 7) is 2.05. The predicted octanol–water partition coefficient (Wildman–Crippen LogP) is 2.09. The zero-order valence-corrected chi connectivity index (χ0v) is 14.4. The van der Waals surface area contributed by atoms with E-state index in [-0.39, 0.29) is 18.1 Å². The molecule has 1 saturated carbocycles. The number of nitrogens with zero attached hydrogens (tertiary/aromatic N) is 2. The first-order chi connectivity index (χ1) is 12.2. The lowest BCUT2D eigenvalue weighted by Crippen LogP contribution is -2.48. The molecule has 2 atom stereocenters. The van der Waals surface area contributed by atoms with Crippen LogP contribution in [0.15, 0.2) is 36.5 Å². The Labute approximate surface area is 147 Å². The standard InChI is InChI=1S/C19H24N4O2/c1-23-9-10-25-16(18(23)14-5-3-2-4-6-14)12-20-19(24)15-11-21-22-17(15)13-7-8-13/h2-6,11,13,16,18H,7-10,12H2,1H3,(H,20,24)(H,21,22)/t16-,18-/m0/s1. The molecule has 0 spiro atoms. The third-order valence-electron chi connectivity index (χ3n) is 5.11. The van der Waals surface area contributed by atoms with E-state index in [1.165, 1.54) is 5.56 Å². The van der Waals surface area contributed by atoms with Gasteiger partial charge in [0, 0.05) is 19.0 Å². The number of hydrogen-bond donors (Lipinski definition) is 2. The first-order valence-corrected chi connectivity index (χ1v) is 8.92. The molecule has 25 heavy (non-hydrogen) atoms. The second-order valence-electron chi connectivity index (χ2n) is 6.93. The van der Waals surface area contributed by atoms with Gasteiger partial charge in [-0.25, -0.2) is 0 Å². The number of carbonyl (C=O) groups is 1. The predicted molar refractivity (Wildman–Crippen MR) is 94.4 cm³/mol. The van der Waals surface area contributed by atoms with Crippen LogP contribution in [0.3, 0.4) is 0 Å². The summed E-state index contributed by atoms with van der Waals surface area (Å²) in [5.41, 5.74) is 2.85. The van der Waals surface area contributed by atoms with Crippen molar-refractivity contribution in [2.45, 2.75) is 30.9 Å². The lowest BCUT2D eigenvalue weighted by atomic mass is 9.98. The number of hydrogen-bond acceptors (Lipinski definition) is 4.